The first-order valence-electron chi connectivity index (χ1n) is 20.2. The number of hydrogen-bond acceptors (Lipinski definition) is 8. The Kier molecular flexibility index (Phi) is 35.6. The van der Waals surface area contributed by atoms with E-state index >= 15 is 0 Å². The first-order chi connectivity index (χ1) is 23.8. The summed E-state index contributed by atoms with van der Waals surface area (Å²) < 4.78 is 32.7. The van der Waals surface area contributed by atoms with Gasteiger partial charge >= 0.3 is 19.8 Å². The summed E-state index contributed by atoms with van der Waals surface area (Å²) in [6.45, 7) is 3.72. The van der Waals surface area contributed by atoms with Crippen molar-refractivity contribution in [2.75, 3.05) is 26.4 Å². The van der Waals surface area contributed by atoms with Gasteiger partial charge < -0.3 is 20.1 Å². The van der Waals surface area contributed by atoms with Crippen molar-refractivity contribution in [2.24, 2.45) is 5.73 Å². The van der Waals surface area contributed by atoms with Gasteiger partial charge in [0.15, 0.2) is 6.10 Å². The standard InChI is InChI=1S/C39H76NO8P/c1-3-5-7-9-11-13-15-17-18-20-22-24-26-28-30-32-39(42)48-37(36-47-49(43,44)46-34-33-40)35-45-38(41)31-29-27-25-23-21-19-16-14-12-10-8-6-4-2/h20,22,37H,3-19,21,23-36,40H2,1-2H3,(H,43,44)/b22-20-/t37-/m1/s1. The summed E-state index contributed by atoms with van der Waals surface area (Å²) in [5.41, 5.74) is 5.33. The Morgan fingerprint density at radius 2 is 1.00 bits per heavy atom. The third-order valence-electron chi connectivity index (χ3n) is 8.65. The van der Waals surface area contributed by atoms with Gasteiger partial charge in [-0.2, -0.15) is 0 Å². The average molecular weight is 718 g/mol. The molecule has 3 N–H and O–H groups in total. The van der Waals surface area contributed by atoms with Gasteiger partial charge in [-0.25, -0.2) is 4.57 Å². The average Bonchev–Trinajstić information content (AvgIpc) is 3.08. The Labute approximate surface area is 300 Å². The summed E-state index contributed by atoms with van der Waals surface area (Å²) in [5.74, 6) is -0.840. The van der Waals surface area contributed by atoms with Crippen LogP contribution in [-0.4, -0.2) is 49.3 Å². The molecule has 0 aromatic rings. The van der Waals surface area contributed by atoms with Gasteiger partial charge in [0.1, 0.15) is 6.61 Å². The quantitative estimate of drug-likeness (QED) is 0.0277. The summed E-state index contributed by atoms with van der Waals surface area (Å²) in [5, 5.41) is 0. The monoisotopic (exact) mass is 718 g/mol. The fourth-order valence-electron chi connectivity index (χ4n) is 5.63. The van der Waals surface area contributed by atoms with E-state index in [-0.39, 0.29) is 38.6 Å². The van der Waals surface area contributed by atoms with Crippen molar-refractivity contribution in [1.29, 1.82) is 0 Å². The number of hydrogen-bond donors (Lipinski definition) is 2. The third-order valence-corrected chi connectivity index (χ3v) is 9.64. The van der Waals surface area contributed by atoms with Crippen molar-refractivity contribution >= 4 is 19.8 Å². The Morgan fingerprint density at radius 1 is 0.592 bits per heavy atom. The maximum Gasteiger partial charge on any atom is 0.472 e. The van der Waals surface area contributed by atoms with Crippen LogP contribution in [-0.2, 0) is 32.7 Å². The predicted octanol–water partition coefficient (Wildman–Crippen LogP) is 11.1. The molecule has 49 heavy (non-hydrogen) atoms. The third kappa shape index (κ3) is 36.3. The normalized spacial score (nSPS) is 13.5. The lowest BCUT2D eigenvalue weighted by Crippen LogP contribution is -2.29. The van der Waals surface area contributed by atoms with Crippen LogP contribution >= 0.6 is 7.82 Å². The molecule has 0 saturated carbocycles. The number of allylic oxidation sites excluding steroid dienone is 2. The summed E-state index contributed by atoms with van der Waals surface area (Å²) >= 11 is 0. The summed E-state index contributed by atoms with van der Waals surface area (Å²) in [7, 11) is -4.37. The number of rotatable bonds is 38. The van der Waals surface area contributed by atoms with E-state index in [1.54, 1.807) is 0 Å². The van der Waals surface area contributed by atoms with E-state index in [2.05, 4.69) is 26.0 Å². The predicted molar refractivity (Wildman–Crippen MR) is 201 cm³/mol. The maximum atomic E-state index is 12.5. The molecule has 0 amide bonds. The first-order valence-corrected chi connectivity index (χ1v) is 21.7. The van der Waals surface area contributed by atoms with Crippen LogP contribution in [0.4, 0.5) is 0 Å². The molecule has 9 nitrogen and oxygen atoms in total. The number of phosphoric ester groups is 1. The van der Waals surface area contributed by atoms with Gasteiger partial charge in [0.25, 0.3) is 0 Å². The molecule has 0 fully saturated rings. The Hall–Kier alpha value is -1.25. The number of phosphoric acid groups is 1. The topological polar surface area (TPSA) is 134 Å². The van der Waals surface area contributed by atoms with Gasteiger partial charge in [-0.1, -0.05) is 154 Å². The molecule has 0 aliphatic rings. The highest BCUT2D eigenvalue weighted by molar-refractivity contribution is 7.47. The fraction of sp³-hybridized carbons (Fsp3) is 0.897. The number of esters is 2. The Balaban J connectivity index is 4.20. The van der Waals surface area contributed by atoms with Crippen LogP contribution in [0.1, 0.15) is 194 Å². The van der Waals surface area contributed by atoms with Gasteiger partial charge in [-0.05, 0) is 38.5 Å². The number of unbranched alkanes of at least 4 members (excludes halogenated alkanes) is 23. The summed E-state index contributed by atoms with van der Waals surface area (Å²) in [6.07, 6.45) is 35.2. The molecule has 0 aliphatic heterocycles. The smallest absolute Gasteiger partial charge is 0.462 e. The van der Waals surface area contributed by atoms with Crippen molar-refractivity contribution in [3.63, 3.8) is 0 Å². The minimum Gasteiger partial charge on any atom is -0.462 e. The van der Waals surface area contributed by atoms with Crippen LogP contribution in [0.25, 0.3) is 0 Å². The van der Waals surface area contributed by atoms with Crippen LogP contribution in [0.3, 0.4) is 0 Å². The lowest BCUT2D eigenvalue weighted by molar-refractivity contribution is -0.161. The van der Waals surface area contributed by atoms with Crippen LogP contribution < -0.4 is 5.73 Å². The molecule has 0 aliphatic carbocycles. The molecule has 0 saturated heterocycles. The zero-order valence-corrected chi connectivity index (χ0v) is 32.6. The molecule has 0 aromatic heterocycles. The molecule has 0 heterocycles. The maximum absolute atomic E-state index is 12.5. The molecule has 0 bridgehead atoms. The van der Waals surface area contributed by atoms with E-state index in [4.69, 9.17) is 24.3 Å². The van der Waals surface area contributed by atoms with Crippen molar-refractivity contribution in [3.05, 3.63) is 12.2 Å². The first kappa shape index (κ1) is 47.8. The largest absolute Gasteiger partial charge is 0.472 e. The molecular formula is C39H76NO8P. The lowest BCUT2D eigenvalue weighted by atomic mass is 10.0. The van der Waals surface area contributed by atoms with E-state index in [0.29, 0.717) is 6.42 Å². The zero-order chi connectivity index (χ0) is 36.1. The second-order valence-corrected chi connectivity index (χ2v) is 15.0. The molecule has 0 spiro atoms. The SMILES string of the molecule is CCCCCCCCCC/C=C\CCCCCC(=O)O[C@H](COC(=O)CCCCCCCCCCCCCCC)COP(=O)(O)OCCN. The highest BCUT2D eigenvalue weighted by Gasteiger charge is 2.25. The minimum absolute atomic E-state index is 0.0537. The van der Waals surface area contributed by atoms with Gasteiger partial charge in [0.2, 0.25) is 0 Å². The highest BCUT2D eigenvalue weighted by Crippen LogP contribution is 2.43. The second-order valence-electron chi connectivity index (χ2n) is 13.5. The van der Waals surface area contributed by atoms with Crippen molar-refractivity contribution < 1.29 is 37.6 Å². The lowest BCUT2D eigenvalue weighted by Gasteiger charge is -2.19. The van der Waals surface area contributed by atoms with Crippen molar-refractivity contribution in [1.82, 2.24) is 0 Å². The van der Waals surface area contributed by atoms with E-state index < -0.39 is 26.5 Å². The van der Waals surface area contributed by atoms with Crippen LogP contribution in [0, 0.1) is 0 Å². The Morgan fingerprint density at radius 3 is 1.47 bits per heavy atom. The van der Waals surface area contributed by atoms with Crippen LogP contribution in [0.15, 0.2) is 12.2 Å². The molecule has 10 heteroatoms. The zero-order valence-electron chi connectivity index (χ0n) is 31.7. The summed E-state index contributed by atoms with van der Waals surface area (Å²) in [4.78, 5) is 34.7. The van der Waals surface area contributed by atoms with E-state index in [9.17, 15) is 19.0 Å². The van der Waals surface area contributed by atoms with E-state index in [0.717, 1.165) is 44.9 Å². The number of carbonyl (C=O) groups excluding carboxylic acids is 2. The molecule has 0 aromatic carbocycles. The molecular weight excluding hydrogens is 641 g/mol. The van der Waals surface area contributed by atoms with Crippen LogP contribution in [0.2, 0.25) is 0 Å². The van der Waals surface area contributed by atoms with E-state index in [1.807, 2.05) is 0 Å². The highest BCUT2D eigenvalue weighted by atomic mass is 31.2. The number of nitrogens with two attached hydrogens (primary N) is 1. The number of ether oxygens (including phenoxy) is 2. The van der Waals surface area contributed by atoms with Gasteiger partial charge in [-0.3, -0.25) is 18.6 Å². The van der Waals surface area contributed by atoms with Gasteiger partial charge in [0, 0.05) is 19.4 Å². The molecule has 1 unspecified atom stereocenters. The van der Waals surface area contributed by atoms with E-state index in [1.165, 1.54) is 116 Å². The summed E-state index contributed by atoms with van der Waals surface area (Å²) in [6, 6.07) is 0. The Bertz CT molecular complexity index is 825. The van der Waals surface area contributed by atoms with Crippen LogP contribution in [0.5, 0.6) is 0 Å². The molecule has 0 radical (unpaired) electrons. The minimum atomic E-state index is -4.37. The fourth-order valence-corrected chi connectivity index (χ4v) is 6.39. The van der Waals surface area contributed by atoms with Gasteiger partial charge in [-0.15, -0.1) is 0 Å². The van der Waals surface area contributed by atoms with Gasteiger partial charge in [0.05, 0.1) is 13.2 Å². The second kappa shape index (κ2) is 36.5. The molecule has 290 valence electrons. The van der Waals surface area contributed by atoms with Crippen molar-refractivity contribution in [2.45, 2.75) is 200 Å². The number of carbonyl (C=O) groups is 2. The van der Waals surface area contributed by atoms with Crippen molar-refractivity contribution in [3.8, 4) is 0 Å². The molecule has 0 rings (SSSR count). The molecule has 2 atom stereocenters.